The number of rotatable bonds is 5. The predicted octanol–water partition coefficient (Wildman–Crippen LogP) is 4.40. The zero-order valence-corrected chi connectivity index (χ0v) is 18.3. The lowest BCUT2D eigenvalue weighted by Gasteiger charge is -2.36. The second-order valence-electron chi connectivity index (χ2n) is 7.48. The number of ether oxygens (including phenoxy) is 1. The highest BCUT2D eigenvalue weighted by Crippen LogP contribution is 2.41. The molecule has 0 unspecified atom stereocenters. The summed E-state index contributed by atoms with van der Waals surface area (Å²) in [5.74, 6) is 0.297. The molecule has 0 N–H and O–H groups in total. The van der Waals surface area contributed by atoms with Crippen LogP contribution in [-0.4, -0.2) is 43.5 Å². The number of nitrogens with zero attached hydrogens (tertiary/aromatic N) is 2. The molecule has 3 aromatic carbocycles. The van der Waals surface area contributed by atoms with Gasteiger partial charge in [0.25, 0.3) is 5.91 Å². The average Bonchev–Trinajstić information content (AvgIpc) is 2.82. The number of carbonyl (C=O) groups excluding carboxylic acids is 2. The number of fused-ring (bicyclic) bond motifs is 1. The fourth-order valence-electron chi connectivity index (χ4n) is 3.53. The summed E-state index contributed by atoms with van der Waals surface area (Å²) in [6, 6.07) is 27.0. The number of anilines is 1. The lowest BCUT2D eigenvalue weighted by atomic mass is 10.1. The van der Waals surface area contributed by atoms with Gasteiger partial charge < -0.3 is 14.5 Å². The maximum absolute atomic E-state index is 13.9. The highest BCUT2D eigenvalue weighted by molar-refractivity contribution is 8.00. The monoisotopic (exact) mass is 432 g/mol. The molecule has 31 heavy (non-hydrogen) atoms. The fourth-order valence-corrected chi connectivity index (χ4v) is 4.63. The van der Waals surface area contributed by atoms with Gasteiger partial charge in [0, 0.05) is 19.0 Å². The molecule has 158 valence electrons. The molecule has 0 fully saturated rings. The van der Waals surface area contributed by atoms with E-state index in [0.717, 1.165) is 10.5 Å². The van der Waals surface area contributed by atoms with E-state index >= 15 is 0 Å². The highest BCUT2D eigenvalue weighted by atomic mass is 32.2. The molecule has 0 bridgehead atoms. The number of benzene rings is 3. The summed E-state index contributed by atoms with van der Waals surface area (Å²) >= 11 is 1.51. The third-order valence-corrected chi connectivity index (χ3v) is 6.33. The summed E-state index contributed by atoms with van der Waals surface area (Å²) in [7, 11) is 3.38. The molecular formula is C25H24N2O3S. The molecule has 6 heteroatoms. The molecule has 3 aromatic rings. The van der Waals surface area contributed by atoms with Crippen molar-refractivity contribution in [3.63, 3.8) is 0 Å². The van der Waals surface area contributed by atoms with E-state index in [2.05, 4.69) is 0 Å². The molecule has 4 rings (SSSR count). The minimum Gasteiger partial charge on any atom is -0.476 e. The average molecular weight is 433 g/mol. The number of carbonyl (C=O) groups is 2. The van der Waals surface area contributed by atoms with Crippen LogP contribution in [0.15, 0.2) is 89.8 Å². The third kappa shape index (κ3) is 4.59. The Hall–Kier alpha value is -3.25. The molecule has 1 heterocycles. The molecular weight excluding hydrogens is 408 g/mol. The van der Waals surface area contributed by atoms with Crippen molar-refractivity contribution in [2.24, 2.45) is 0 Å². The maximum atomic E-state index is 13.9. The molecule has 0 aromatic heterocycles. The molecule has 0 radical (unpaired) electrons. The van der Waals surface area contributed by atoms with Crippen molar-refractivity contribution in [1.29, 1.82) is 0 Å². The number of thioether (sulfide) groups is 1. The van der Waals surface area contributed by atoms with Crippen LogP contribution >= 0.6 is 11.8 Å². The topological polar surface area (TPSA) is 49.9 Å². The molecule has 1 aliphatic rings. The molecule has 2 atom stereocenters. The number of hydrogen-bond donors (Lipinski definition) is 0. The molecule has 2 amide bonds. The van der Waals surface area contributed by atoms with Gasteiger partial charge in [-0.15, -0.1) is 11.8 Å². The van der Waals surface area contributed by atoms with Crippen LogP contribution in [0.5, 0.6) is 5.75 Å². The quantitative estimate of drug-likeness (QED) is 0.561. The molecule has 1 aliphatic heterocycles. The maximum Gasteiger partial charge on any atom is 0.265 e. The predicted molar refractivity (Wildman–Crippen MR) is 123 cm³/mol. The minimum absolute atomic E-state index is 0.0765. The van der Waals surface area contributed by atoms with Crippen molar-refractivity contribution in [1.82, 2.24) is 4.90 Å². The lowest BCUT2D eigenvalue weighted by Crippen LogP contribution is -2.51. The van der Waals surface area contributed by atoms with Crippen molar-refractivity contribution >= 4 is 29.3 Å². The number of hydrogen-bond acceptors (Lipinski definition) is 4. The Bertz CT molecular complexity index is 1060. The Morgan fingerprint density at radius 3 is 2.23 bits per heavy atom. The van der Waals surface area contributed by atoms with Crippen molar-refractivity contribution in [2.75, 3.05) is 25.5 Å². The molecule has 0 saturated heterocycles. The van der Waals surface area contributed by atoms with E-state index in [4.69, 9.17) is 4.74 Å². The largest absolute Gasteiger partial charge is 0.476 e. The van der Waals surface area contributed by atoms with E-state index in [-0.39, 0.29) is 18.4 Å². The third-order valence-electron chi connectivity index (χ3n) is 5.08. The first-order valence-electron chi connectivity index (χ1n) is 10.1. The van der Waals surface area contributed by atoms with Crippen molar-refractivity contribution in [3.05, 3.63) is 90.5 Å². The van der Waals surface area contributed by atoms with E-state index in [0.29, 0.717) is 11.4 Å². The van der Waals surface area contributed by atoms with E-state index in [1.165, 1.54) is 16.7 Å². The van der Waals surface area contributed by atoms with E-state index < -0.39 is 11.4 Å². The first kappa shape index (κ1) is 21.0. The highest BCUT2D eigenvalue weighted by Gasteiger charge is 2.37. The van der Waals surface area contributed by atoms with Crippen molar-refractivity contribution < 1.29 is 14.3 Å². The van der Waals surface area contributed by atoms with Gasteiger partial charge in [-0.2, -0.15) is 0 Å². The van der Waals surface area contributed by atoms with Gasteiger partial charge in [-0.1, -0.05) is 60.7 Å². The van der Waals surface area contributed by atoms with Gasteiger partial charge in [0.2, 0.25) is 5.91 Å². The zero-order valence-electron chi connectivity index (χ0n) is 17.5. The zero-order chi connectivity index (χ0) is 21.8. The van der Waals surface area contributed by atoms with Crippen LogP contribution < -0.4 is 9.64 Å². The Labute approximate surface area is 186 Å². The summed E-state index contributed by atoms with van der Waals surface area (Å²) in [6.45, 7) is 0.172. The van der Waals surface area contributed by atoms with Gasteiger partial charge in [0.05, 0.1) is 12.2 Å². The summed E-state index contributed by atoms with van der Waals surface area (Å²) in [4.78, 5) is 30.8. The van der Waals surface area contributed by atoms with Crippen molar-refractivity contribution in [3.8, 4) is 5.75 Å². The summed E-state index contributed by atoms with van der Waals surface area (Å²) < 4.78 is 5.95. The van der Waals surface area contributed by atoms with Crippen LogP contribution in [0, 0.1) is 0 Å². The van der Waals surface area contributed by atoms with Gasteiger partial charge in [-0.3, -0.25) is 9.59 Å². The lowest BCUT2D eigenvalue weighted by molar-refractivity contribution is -0.136. The van der Waals surface area contributed by atoms with Gasteiger partial charge >= 0.3 is 0 Å². The first-order valence-corrected chi connectivity index (χ1v) is 11.0. The normalized spacial score (nSPS) is 16.1. The smallest absolute Gasteiger partial charge is 0.265 e. The van der Waals surface area contributed by atoms with E-state index in [1.54, 1.807) is 25.1 Å². The Kier molecular flexibility index (Phi) is 6.28. The second kappa shape index (κ2) is 9.27. The van der Waals surface area contributed by atoms with Gasteiger partial charge in [0.1, 0.15) is 11.0 Å². The van der Waals surface area contributed by atoms with E-state index in [9.17, 15) is 9.59 Å². The number of amides is 2. The van der Waals surface area contributed by atoms with Crippen LogP contribution in [0.4, 0.5) is 5.69 Å². The molecule has 5 nitrogen and oxygen atoms in total. The number of para-hydroxylation sites is 2. The summed E-state index contributed by atoms with van der Waals surface area (Å²) in [6.07, 6.45) is -0.744. The summed E-state index contributed by atoms with van der Waals surface area (Å²) in [5.41, 5.74) is 1.60. The van der Waals surface area contributed by atoms with Crippen molar-refractivity contribution in [2.45, 2.75) is 16.2 Å². The standard InChI is InChI=1S/C25H24N2O3S/c1-26(2)24(28)22-17-27(20-15-9-10-16-21(20)30-22)25(29)23(18-11-5-3-6-12-18)31-19-13-7-4-8-14-19/h3-16,22-23H,17H2,1-2H3/t22-,23+/m0/s1. The van der Waals surface area contributed by atoms with Gasteiger partial charge in [-0.05, 0) is 29.8 Å². The Balaban J connectivity index is 1.72. The van der Waals surface area contributed by atoms with Crippen LogP contribution in [0.25, 0.3) is 0 Å². The molecule has 0 spiro atoms. The summed E-state index contributed by atoms with van der Waals surface area (Å²) in [5, 5.41) is -0.454. The van der Waals surface area contributed by atoms with Crippen LogP contribution in [0.1, 0.15) is 10.8 Å². The fraction of sp³-hybridized carbons (Fsp3) is 0.200. The molecule has 0 saturated carbocycles. The second-order valence-corrected chi connectivity index (χ2v) is 8.66. The first-order chi connectivity index (χ1) is 15.0. The molecule has 0 aliphatic carbocycles. The van der Waals surface area contributed by atoms with Gasteiger partial charge in [0.15, 0.2) is 6.10 Å². The van der Waals surface area contributed by atoms with Crippen LogP contribution in [0.3, 0.4) is 0 Å². The number of likely N-dealkylation sites (N-methyl/N-ethyl adjacent to an activating group) is 1. The minimum atomic E-state index is -0.744. The van der Waals surface area contributed by atoms with E-state index in [1.807, 2.05) is 78.9 Å². The van der Waals surface area contributed by atoms with Crippen LogP contribution in [0.2, 0.25) is 0 Å². The Morgan fingerprint density at radius 2 is 1.55 bits per heavy atom. The Morgan fingerprint density at radius 1 is 0.935 bits per heavy atom. The van der Waals surface area contributed by atoms with Gasteiger partial charge in [-0.25, -0.2) is 0 Å². The van der Waals surface area contributed by atoms with Crippen LogP contribution in [-0.2, 0) is 9.59 Å². The SMILES string of the molecule is CN(C)C(=O)[C@@H]1CN(C(=O)[C@H](Sc2ccccc2)c2ccccc2)c2ccccc2O1.